The van der Waals surface area contributed by atoms with Crippen molar-refractivity contribution in [2.24, 2.45) is 0 Å². The van der Waals surface area contributed by atoms with Crippen LogP contribution >= 0.6 is 0 Å². The number of esters is 2. The molecule has 8 heteroatoms. The van der Waals surface area contributed by atoms with Gasteiger partial charge in [-0.2, -0.15) is 0 Å². The van der Waals surface area contributed by atoms with Crippen LogP contribution in [0.2, 0.25) is 0 Å². The van der Waals surface area contributed by atoms with E-state index in [2.05, 4.69) is 123 Å². The summed E-state index contributed by atoms with van der Waals surface area (Å²) in [7, 11) is 5.51. The maximum Gasteiger partial charge on any atom is 0.362 e. The second-order valence-electron chi connectivity index (χ2n) is 19.1. The Morgan fingerprint density at radius 2 is 0.826 bits per heavy atom. The maximum absolute atomic E-state index is 12.8. The molecule has 392 valence electrons. The van der Waals surface area contributed by atoms with Crippen LogP contribution in [0, 0.1) is 0 Å². The summed E-state index contributed by atoms with van der Waals surface area (Å²) in [6.07, 6.45) is 70.1. The number of nitrogens with zero attached hydrogens (tertiary/aromatic N) is 1. The van der Waals surface area contributed by atoms with E-state index in [1.165, 1.54) is 77.0 Å². The van der Waals surface area contributed by atoms with Crippen molar-refractivity contribution >= 4 is 17.9 Å². The molecular formula is C61H102NO7+. The molecule has 0 radical (unpaired) electrons. The lowest BCUT2D eigenvalue weighted by atomic mass is 10.1. The van der Waals surface area contributed by atoms with Crippen molar-refractivity contribution in [3.8, 4) is 0 Å². The van der Waals surface area contributed by atoms with E-state index in [4.69, 9.17) is 14.2 Å². The molecule has 0 aliphatic carbocycles. The van der Waals surface area contributed by atoms with Gasteiger partial charge in [0.05, 0.1) is 34.4 Å². The number of aliphatic carboxylic acids is 1. The third kappa shape index (κ3) is 48.8. The fraction of sp³-hybridized carbons (Fsp3) is 0.656. The molecule has 0 amide bonds. The highest BCUT2D eigenvalue weighted by molar-refractivity contribution is 5.72. The van der Waals surface area contributed by atoms with Crippen LogP contribution in [0.4, 0.5) is 0 Å². The quantitative estimate of drug-likeness (QED) is 0.0281. The highest BCUT2D eigenvalue weighted by Crippen LogP contribution is 2.14. The molecule has 0 aromatic carbocycles. The van der Waals surface area contributed by atoms with Crippen molar-refractivity contribution in [2.45, 2.75) is 219 Å². The van der Waals surface area contributed by atoms with E-state index in [-0.39, 0.29) is 42.7 Å². The molecule has 0 heterocycles. The van der Waals surface area contributed by atoms with Gasteiger partial charge in [0.1, 0.15) is 6.61 Å². The molecule has 8 nitrogen and oxygen atoms in total. The molecule has 2 unspecified atom stereocenters. The molecule has 0 saturated carbocycles. The van der Waals surface area contributed by atoms with Gasteiger partial charge in [-0.3, -0.25) is 9.59 Å². The zero-order valence-electron chi connectivity index (χ0n) is 44.7. The molecule has 69 heavy (non-hydrogen) atoms. The number of carbonyl (C=O) groups excluding carboxylic acids is 2. The minimum absolute atomic E-state index is 0.0328. The van der Waals surface area contributed by atoms with Gasteiger partial charge in [-0.1, -0.05) is 200 Å². The topological polar surface area (TPSA) is 99.1 Å². The number of carbonyl (C=O) groups is 3. The number of carboxylic acid groups (broad SMARTS) is 1. The van der Waals surface area contributed by atoms with Crippen LogP contribution in [0.1, 0.15) is 206 Å². The van der Waals surface area contributed by atoms with Crippen molar-refractivity contribution in [1.29, 1.82) is 0 Å². The number of hydrogen-bond acceptors (Lipinski definition) is 6. The summed E-state index contributed by atoms with van der Waals surface area (Å²) in [5.74, 6) is -1.56. The smallest absolute Gasteiger partial charge is 0.362 e. The zero-order valence-corrected chi connectivity index (χ0v) is 44.7. The van der Waals surface area contributed by atoms with Gasteiger partial charge >= 0.3 is 17.9 Å². The highest BCUT2D eigenvalue weighted by atomic mass is 16.6. The SMILES string of the molecule is CC/C=C/C/C=C/C/C=C/C/C=C/C/C=C/C/C=C/C/C=C/CCCC(=O)OCC(COCCC(C(=O)O)[N+](C)(C)C)OC(=O)CCCCCCCCC/C=C/C/C=C/CCCCCCCCCC. The Kier molecular flexibility index (Phi) is 47.5. The Labute approximate surface area is 423 Å². The fourth-order valence-electron chi connectivity index (χ4n) is 7.46. The van der Waals surface area contributed by atoms with Gasteiger partial charge in [-0.05, 0) is 96.3 Å². The summed E-state index contributed by atoms with van der Waals surface area (Å²) in [6.45, 7) is 4.55. The minimum atomic E-state index is -0.887. The van der Waals surface area contributed by atoms with Gasteiger partial charge in [0.15, 0.2) is 12.1 Å². The number of rotatable bonds is 48. The Morgan fingerprint density at radius 1 is 0.449 bits per heavy atom. The van der Waals surface area contributed by atoms with Crippen molar-refractivity contribution in [1.82, 2.24) is 0 Å². The zero-order chi connectivity index (χ0) is 50.6. The molecular weight excluding hydrogens is 859 g/mol. The van der Waals surface area contributed by atoms with Crippen molar-refractivity contribution < 1.29 is 38.2 Å². The third-order valence-corrected chi connectivity index (χ3v) is 11.7. The monoisotopic (exact) mass is 961 g/mol. The Balaban J connectivity index is 4.36. The summed E-state index contributed by atoms with van der Waals surface area (Å²) in [6, 6.07) is -0.632. The lowest BCUT2D eigenvalue weighted by Crippen LogP contribution is -2.50. The standard InChI is InChI=1S/C61H101NO7/c1-6-8-10-12-14-16-18-20-22-24-26-28-30-32-33-35-37-39-41-43-45-47-49-51-59(63)68-56-57(55-67-54-53-58(61(65)66)62(3,4)5)69-60(64)52-50-48-46-44-42-40-38-36-34-31-29-27-25-23-21-19-17-15-13-11-9-7-2/h8,10,14,16,20,22,25-28,31-34,37,39,43,45,57-58H,6-7,9,11-13,15,17-19,21,23-24,29-30,35-36,38,40-42,44,46-56H2,1-5H3/p+1/b10-8+,16-14+,22-20+,27-25+,28-26+,33-32+,34-31+,39-37+,45-43+. The van der Waals surface area contributed by atoms with Crippen LogP contribution in [-0.2, 0) is 28.6 Å². The van der Waals surface area contributed by atoms with Crippen LogP contribution in [0.3, 0.4) is 0 Å². The van der Waals surface area contributed by atoms with Crippen LogP contribution < -0.4 is 0 Å². The van der Waals surface area contributed by atoms with Crippen LogP contribution in [-0.4, -0.2) is 80.6 Å². The summed E-state index contributed by atoms with van der Waals surface area (Å²) in [5.41, 5.74) is 0. The van der Waals surface area contributed by atoms with E-state index < -0.39 is 18.1 Å². The first-order valence-corrected chi connectivity index (χ1v) is 27.4. The number of likely N-dealkylation sites (N-methyl/N-ethyl adjacent to an activating group) is 1. The van der Waals surface area contributed by atoms with Gasteiger partial charge < -0.3 is 23.8 Å². The van der Waals surface area contributed by atoms with Crippen LogP contribution in [0.5, 0.6) is 0 Å². The number of quaternary nitrogens is 1. The average Bonchev–Trinajstić information content (AvgIpc) is 3.31. The van der Waals surface area contributed by atoms with E-state index in [0.29, 0.717) is 19.3 Å². The van der Waals surface area contributed by atoms with Gasteiger partial charge in [-0.25, -0.2) is 4.79 Å². The Morgan fingerprint density at radius 3 is 1.25 bits per heavy atom. The largest absolute Gasteiger partial charge is 0.477 e. The molecule has 0 bridgehead atoms. The summed E-state index contributed by atoms with van der Waals surface area (Å²) < 4.78 is 17.3. The Bertz CT molecular complexity index is 1490. The lowest BCUT2D eigenvalue weighted by Gasteiger charge is -2.31. The summed E-state index contributed by atoms with van der Waals surface area (Å²) in [4.78, 5) is 37.2. The average molecular weight is 961 g/mol. The summed E-state index contributed by atoms with van der Waals surface area (Å²) in [5, 5.41) is 9.67. The third-order valence-electron chi connectivity index (χ3n) is 11.7. The first-order valence-electron chi connectivity index (χ1n) is 27.4. The predicted molar refractivity (Wildman–Crippen MR) is 293 cm³/mol. The molecule has 0 aromatic rings. The summed E-state index contributed by atoms with van der Waals surface area (Å²) >= 11 is 0. The molecule has 2 atom stereocenters. The van der Waals surface area contributed by atoms with Crippen molar-refractivity contribution in [2.75, 3.05) is 41.0 Å². The number of unbranched alkanes of at least 4 members (excludes halogenated alkanes) is 16. The van der Waals surface area contributed by atoms with E-state index in [1.54, 1.807) is 0 Å². The van der Waals surface area contributed by atoms with Gasteiger partial charge in [0, 0.05) is 19.3 Å². The first kappa shape index (κ1) is 65.0. The second kappa shape index (κ2) is 50.4. The molecule has 0 fully saturated rings. The highest BCUT2D eigenvalue weighted by Gasteiger charge is 2.31. The molecule has 0 rings (SSSR count). The predicted octanol–water partition coefficient (Wildman–Crippen LogP) is 16.4. The van der Waals surface area contributed by atoms with E-state index in [1.807, 2.05) is 21.1 Å². The first-order chi connectivity index (χ1) is 33.6. The van der Waals surface area contributed by atoms with Gasteiger partial charge in [0.2, 0.25) is 0 Å². The molecule has 0 saturated heterocycles. The van der Waals surface area contributed by atoms with Crippen LogP contribution in [0.15, 0.2) is 109 Å². The molecule has 0 aliphatic heterocycles. The normalized spacial score (nSPS) is 13.7. The number of carboxylic acids is 1. The van der Waals surface area contributed by atoms with Crippen molar-refractivity contribution in [3.63, 3.8) is 0 Å². The fourth-order valence-corrected chi connectivity index (χ4v) is 7.46. The molecule has 0 aliphatic rings. The minimum Gasteiger partial charge on any atom is -0.477 e. The molecule has 1 N–H and O–H groups in total. The van der Waals surface area contributed by atoms with Crippen molar-refractivity contribution in [3.05, 3.63) is 109 Å². The second-order valence-corrected chi connectivity index (χ2v) is 19.1. The Hall–Kier alpha value is -4.01. The number of ether oxygens (including phenoxy) is 3. The molecule has 0 aromatic heterocycles. The molecule has 0 spiro atoms. The number of allylic oxidation sites excluding steroid dienone is 18. The number of hydrogen-bond donors (Lipinski definition) is 1. The van der Waals surface area contributed by atoms with Crippen LogP contribution in [0.25, 0.3) is 0 Å². The van der Waals surface area contributed by atoms with E-state index in [0.717, 1.165) is 89.9 Å². The van der Waals surface area contributed by atoms with E-state index in [9.17, 15) is 19.5 Å². The van der Waals surface area contributed by atoms with Gasteiger partial charge in [-0.15, -0.1) is 0 Å². The van der Waals surface area contributed by atoms with Gasteiger partial charge in [0.25, 0.3) is 0 Å². The maximum atomic E-state index is 12.8. The lowest BCUT2D eigenvalue weighted by molar-refractivity contribution is -0.887. The van der Waals surface area contributed by atoms with E-state index >= 15 is 0 Å².